The van der Waals surface area contributed by atoms with Gasteiger partial charge in [-0.05, 0) is 44.2 Å². The second kappa shape index (κ2) is 9.54. The van der Waals surface area contributed by atoms with Crippen molar-refractivity contribution in [2.45, 2.75) is 13.8 Å². The lowest BCUT2D eigenvalue weighted by atomic mass is 10.1. The van der Waals surface area contributed by atoms with Gasteiger partial charge in [-0.3, -0.25) is 0 Å². The van der Waals surface area contributed by atoms with E-state index >= 15 is 0 Å². The first-order chi connectivity index (χ1) is 13.6. The number of aromatic nitrogens is 1. The Hall–Kier alpha value is -2.62. The van der Waals surface area contributed by atoms with Gasteiger partial charge in [0.15, 0.2) is 0 Å². The van der Waals surface area contributed by atoms with E-state index in [-0.39, 0.29) is 0 Å². The largest absolute Gasteiger partial charge is 0.494 e. The van der Waals surface area contributed by atoms with Gasteiger partial charge in [0.25, 0.3) is 0 Å². The lowest BCUT2D eigenvalue weighted by Crippen LogP contribution is -1.97. The van der Waals surface area contributed by atoms with Crippen LogP contribution in [0, 0.1) is 11.3 Å². The summed E-state index contributed by atoms with van der Waals surface area (Å²) < 4.78 is 12.3. The van der Waals surface area contributed by atoms with Crippen LogP contribution in [0.5, 0.6) is 11.5 Å². The van der Waals surface area contributed by atoms with Crippen LogP contribution in [-0.2, 0) is 0 Å². The summed E-state index contributed by atoms with van der Waals surface area (Å²) in [5.74, 6) is 1.43. The summed E-state index contributed by atoms with van der Waals surface area (Å²) >= 11 is 4.89. The van der Waals surface area contributed by atoms with Crippen LogP contribution in [0.15, 0.2) is 52.3 Å². The Morgan fingerprint density at radius 1 is 1.14 bits per heavy atom. The number of thiazole rings is 1. The number of benzene rings is 2. The minimum atomic E-state index is 0.499. The normalized spacial score (nSPS) is 11.1. The predicted molar refractivity (Wildman–Crippen MR) is 118 cm³/mol. The van der Waals surface area contributed by atoms with Crippen LogP contribution in [0.3, 0.4) is 0 Å². The van der Waals surface area contributed by atoms with Crippen molar-refractivity contribution in [3.8, 4) is 28.8 Å². The quantitative estimate of drug-likeness (QED) is 0.385. The van der Waals surface area contributed by atoms with Crippen molar-refractivity contribution >= 4 is 38.9 Å². The molecule has 142 valence electrons. The molecule has 0 fully saturated rings. The van der Waals surface area contributed by atoms with E-state index < -0.39 is 0 Å². The monoisotopic (exact) mass is 454 g/mol. The van der Waals surface area contributed by atoms with E-state index in [1.807, 2.05) is 67.8 Å². The summed E-state index contributed by atoms with van der Waals surface area (Å²) in [7, 11) is 0. The molecule has 0 saturated heterocycles. The number of allylic oxidation sites excluding steroid dienone is 1. The van der Waals surface area contributed by atoms with Gasteiger partial charge in [-0.25, -0.2) is 4.98 Å². The Morgan fingerprint density at radius 3 is 2.57 bits per heavy atom. The van der Waals surface area contributed by atoms with Crippen LogP contribution in [0.25, 0.3) is 22.9 Å². The Labute approximate surface area is 177 Å². The minimum Gasteiger partial charge on any atom is -0.494 e. The van der Waals surface area contributed by atoms with Gasteiger partial charge in [-0.2, -0.15) is 5.26 Å². The summed E-state index contributed by atoms with van der Waals surface area (Å²) in [4.78, 5) is 4.65. The van der Waals surface area contributed by atoms with E-state index in [1.54, 1.807) is 0 Å². The van der Waals surface area contributed by atoms with Crippen LogP contribution in [-0.4, -0.2) is 18.2 Å². The van der Waals surface area contributed by atoms with E-state index in [0.717, 1.165) is 27.0 Å². The maximum Gasteiger partial charge on any atom is 0.134 e. The molecule has 0 spiro atoms. The molecule has 0 aliphatic heterocycles. The fraction of sp³-hybridized carbons (Fsp3) is 0.182. The third-order valence-corrected chi connectivity index (χ3v) is 5.29. The number of rotatable bonds is 7. The molecule has 4 nitrogen and oxygen atoms in total. The molecule has 3 rings (SSSR count). The highest BCUT2D eigenvalue weighted by Gasteiger charge is 2.11. The van der Waals surface area contributed by atoms with Crippen LogP contribution in [0.2, 0.25) is 0 Å². The molecule has 0 radical (unpaired) electrons. The van der Waals surface area contributed by atoms with E-state index in [4.69, 9.17) is 9.47 Å². The zero-order chi connectivity index (χ0) is 19.9. The molecule has 0 aliphatic carbocycles. The van der Waals surface area contributed by atoms with Crippen LogP contribution < -0.4 is 9.47 Å². The first-order valence-electron chi connectivity index (χ1n) is 8.87. The molecule has 0 N–H and O–H groups in total. The third-order valence-electron chi connectivity index (χ3n) is 3.89. The number of hydrogen-bond donors (Lipinski definition) is 0. The highest BCUT2D eigenvalue weighted by atomic mass is 79.9. The van der Waals surface area contributed by atoms with Crippen molar-refractivity contribution < 1.29 is 9.47 Å². The topological polar surface area (TPSA) is 55.1 Å². The zero-order valence-corrected chi connectivity index (χ0v) is 18.0. The van der Waals surface area contributed by atoms with E-state index in [9.17, 15) is 5.26 Å². The first-order valence-corrected chi connectivity index (χ1v) is 10.5. The SMILES string of the molecule is CCOc1ccc(C=C(C#N)c2nc(-c3ccc(Br)cc3)cs2)c(OCC)c1. The van der Waals surface area contributed by atoms with Gasteiger partial charge in [0.1, 0.15) is 22.6 Å². The van der Waals surface area contributed by atoms with Gasteiger partial charge in [0, 0.05) is 27.0 Å². The van der Waals surface area contributed by atoms with Gasteiger partial charge < -0.3 is 9.47 Å². The first kappa shape index (κ1) is 20.1. The number of nitriles is 1. The molecule has 0 bridgehead atoms. The summed E-state index contributed by atoms with van der Waals surface area (Å²) in [6.07, 6.45) is 1.81. The van der Waals surface area contributed by atoms with Crippen molar-refractivity contribution in [2.24, 2.45) is 0 Å². The number of ether oxygens (including phenoxy) is 2. The van der Waals surface area contributed by atoms with Gasteiger partial charge in [-0.1, -0.05) is 28.1 Å². The molecule has 1 aromatic heterocycles. The van der Waals surface area contributed by atoms with Crippen molar-refractivity contribution in [3.63, 3.8) is 0 Å². The Kier molecular flexibility index (Phi) is 6.85. The highest BCUT2D eigenvalue weighted by molar-refractivity contribution is 9.10. The second-order valence-electron chi connectivity index (χ2n) is 5.78. The molecule has 0 aliphatic rings. The molecule has 6 heteroatoms. The molecule has 2 aromatic carbocycles. The molecule has 0 atom stereocenters. The smallest absolute Gasteiger partial charge is 0.134 e. The Balaban J connectivity index is 1.94. The summed E-state index contributed by atoms with van der Waals surface area (Å²) in [5, 5.41) is 12.3. The lowest BCUT2D eigenvalue weighted by Gasteiger charge is -2.10. The van der Waals surface area contributed by atoms with Crippen LogP contribution in [0.1, 0.15) is 24.4 Å². The molecule has 3 aromatic rings. The van der Waals surface area contributed by atoms with Gasteiger partial charge in [0.05, 0.1) is 24.5 Å². The van der Waals surface area contributed by atoms with Gasteiger partial charge in [0.2, 0.25) is 0 Å². The highest BCUT2D eigenvalue weighted by Crippen LogP contribution is 2.31. The van der Waals surface area contributed by atoms with Crippen LogP contribution in [0.4, 0.5) is 0 Å². The van der Waals surface area contributed by atoms with Crippen molar-refractivity contribution in [2.75, 3.05) is 13.2 Å². The Morgan fingerprint density at radius 2 is 1.89 bits per heavy atom. The molecule has 0 unspecified atom stereocenters. The fourth-order valence-electron chi connectivity index (χ4n) is 2.62. The summed E-state index contributed by atoms with van der Waals surface area (Å²) in [5.41, 5.74) is 3.19. The third kappa shape index (κ3) is 4.80. The summed E-state index contributed by atoms with van der Waals surface area (Å²) in [6, 6.07) is 15.8. The number of hydrogen-bond acceptors (Lipinski definition) is 5. The maximum atomic E-state index is 9.69. The number of nitrogens with zero attached hydrogens (tertiary/aromatic N) is 2. The predicted octanol–water partition coefficient (Wildman–Crippen LogP) is 6.43. The van der Waals surface area contributed by atoms with E-state index in [2.05, 4.69) is 27.0 Å². The standard InChI is InChI=1S/C22H19BrN2O2S/c1-3-26-19-10-7-16(21(12-19)27-4-2)11-17(13-24)22-25-20(14-28-22)15-5-8-18(23)9-6-15/h5-12,14H,3-4H2,1-2H3. The van der Waals surface area contributed by atoms with Gasteiger partial charge >= 0.3 is 0 Å². The average Bonchev–Trinajstić information content (AvgIpc) is 3.18. The molecular formula is C22H19BrN2O2S. The van der Waals surface area contributed by atoms with Crippen molar-refractivity contribution in [3.05, 3.63) is 62.9 Å². The second-order valence-corrected chi connectivity index (χ2v) is 7.55. The molecule has 0 saturated carbocycles. The number of halogens is 1. The molecule has 1 heterocycles. The molecule has 28 heavy (non-hydrogen) atoms. The zero-order valence-electron chi connectivity index (χ0n) is 15.6. The minimum absolute atomic E-state index is 0.499. The summed E-state index contributed by atoms with van der Waals surface area (Å²) in [6.45, 7) is 4.98. The van der Waals surface area contributed by atoms with Crippen molar-refractivity contribution in [1.29, 1.82) is 5.26 Å². The van der Waals surface area contributed by atoms with Gasteiger partial charge in [-0.15, -0.1) is 11.3 Å². The maximum absolute atomic E-state index is 9.69. The van der Waals surface area contributed by atoms with E-state index in [1.165, 1.54) is 11.3 Å². The molecule has 0 amide bonds. The van der Waals surface area contributed by atoms with Crippen molar-refractivity contribution in [1.82, 2.24) is 4.98 Å². The molecular weight excluding hydrogens is 436 g/mol. The lowest BCUT2D eigenvalue weighted by molar-refractivity contribution is 0.322. The Bertz CT molecular complexity index is 1020. The average molecular weight is 455 g/mol. The fourth-order valence-corrected chi connectivity index (χ4v) is 3.68. The van der Waals surface area contributed by atoms with Crippen LogP contribution >= 0.6 is 27.3 Å². The van der Waals surface area contributed by atoms with E-state index in [0.29, 0.717) is 29.5 Å².